The van der Waals surface area contributed by atoms with Crippen LogP contribution in [0.5, 0.6) is 0 Å². The van der Waals surface area contributed by atoms with Crippen molar-refractivity contribution in [2.24, 2.45) is 0 Å². The lowest BCUT2D eigenvalue weighted by atomic mass is 9.87. The summed E-state index contributed by atoms with van der Waals surface area (Å²) in [5.74, 6) is -0.392. The topological polar surface area (TPSA) is 61.8 Å². The molecule has 0 aromatic heterocycles. The molecule has 3 rings (SSSR count). The quantitative estimate of drug-likeness (QED) is 0.824. The monoisotopic (exact) mass is 281 g/mol. The number of hydrogen-bond donors (Lipinski definition) is 2. The molecule has 0 spiro atoms. The largest absolute Gasteiger partial charge is 0.399 e. The van der Waals surface area contributed by atoms with E-state index in [4.69, 9.17) is 11.0 Å². The molecule has 0 radical (unpaired) electrons. The van der Waals surface area contributed by atoms with Crippen LogP contribution in [0.15, 0.2) is 36.4 Å². The van der Waals surface area contributed by atoms with Crippen molar-refractivity contribution < 1.29 is 4.39 Å². The van der Waals surface area contributed by atoms with E-state index in [0.717, 1.165) is 24.9 Å². The summed E-state index contributed by atoms with van der Waals surface area (Å²) in [5.41, 5.74) is 9.76. The van der Waals surface area contributed by atoms with E-state index in [0.29, 0.717) is 11.3 Å². The van der Waals surface area contributed by atoms with Gasteiger partial charge in [-0.3, -0.25) is 0 Å². The highest BCUT2D eigenvalue weighted by Gasteiger charge is 2.21. The number of anilines is 2. The Morgan fingerprint density at radius 1 is 1.24 bits per heavy atom. The predicted octanol–water partition coefficient (Wildman–Crippen LogP) is 3.77. The van der Waals surface area contributed by atoms with Gasteiger partial charge in [0, 0.05) is 5.69 Å². The standard InChI is InChI=1S/C17H16FN3/c18-15-8-11(10-19)4-7-17(15)21-16-3-1-2-12-9-13(20)5-6-14(12)16/h4-9,16,21H,1-3,20H2. The van der Waals surface area contributed by atoms with E-state index in [1.165, 1.54) is 17.2 Å². The average molecular weight is 281 g/mol. The highest BCUT2D eigenvalue weighted by molar-refractivity contribution is 5.53. The van der Waals surface area contributed by atoms with Crippen LogP contribution >= 0.6 is 0 Å². The second kappa shape index (κ2) is 5.45. The lowest BCUT2D eigenvalue weighted by Gasteiger charge is -2.27. The Balaban J connectivity index is 1.89. The number of fused-ring (bicyclic) bond motifs is 1. The van der Waals surface area contributed by atoms with Crippen LogP contribution in [0.2, 0.25) is 0 Å². The van der Waals surface area contributed by atoms with Crippen molar-refractivity contribution in [3.63, 3.8) is 0 Å². The van der Waals surface area contributed by atoms with Crippen molar-refractivity contribution >= 4 is 11.4 Å². The van der Waals surface area contributed by atoms with Crippen LogP contribution in [0.1, 0.15) is 35.6 Å². The van der Waals surface area contributed by atoms with Crippen LogP contribution in [-0.2, 0) is 6.42 Å². The minimum Gasteiger partial charge on any atom is -0.399 e. The first-order valence-corrected chi connectivity index (χ1v) is 7.02. The van der Waals surface area contributed by atoms with Gasteiger partial charge in [-0.1, -0.05) is 6.07 Å². The first-order chi connectivity index (χ1) is 10.2. The molecule has 1 aliphatic carbocycles. The van der Waals surface area contributed by atoms with Crippen LogP contribution in [0, 0.1) is 17.1 Å². The van der Waals surface area contributed by atoms with E-state index in [2.05, 4.69) is 5.32 Å². The summed E-state index contributed by atoms with van der Waals surface area (Å²) in [7, 11) is 0. The van der Waals surface area contributed by atoms with Crippen molar-refractivity contribution in [3.05, 3.63) is 58.9 Å². The van der Waals surface area contributed by atoms with Gasteiger partial charge < -0.3 is 11.1 Å². The maximum atomic E-state index is 14.0. The Morgan fingerprint density at radius 2 is 2.10 bits per heavy atom. The summed E-state index contributed by atoms with van der Waals surface area (Å²) in [4.78, 5) is 0. The summed E-state index contributed by atoms with van der Waals surface area (Å²) in [6, 6.07) is 12.4. The lowest BCUT2D eigenvalue weighted by Crippen LogP contribution is -2.18. The molecule has 1 atom stereocenters. The molecule has 0 bridgehead atoms. The van der Waals surface area contributed by atoms with Crippen molar-refractivity contribution in [2.75, 3.05) is 11.1 Å². The van der Waals surface area contributed by atoms with Gasteiger partial charge in [0.1, 0.15) is 5.82 Å². The van der Waals surface area contributed by atoms with Gasteiger partial charge in [-0.2, -0.15) is 5.26 Å². The average Bonchev–Trinajstić information content (AvgIpc) is 2.49. The molecule has 1 unspecified atom stereocenters. The Morgan fingerprint density at radius 3 is 2.86 bits per heavy atom. The Labute approximate surface area is 123 Å². The lowest BCUT2D eigenvalue weighted by molar-refractivity contribution is 0.586. The van der Waals surface area contributed by atoms with Gasteiger partial charge in [-0.25, -0.2) is 4.39 Å². The highest BCUT2D eigenvalue weighted by atomic mass is 19.1. The van der Waals surface area contributed by atoms with E-state index in [-0.39, 0.29) is 6.04 Å². The number of nitrogens with one attached hydrogen (secondary N) is 1. The number of benzene rings is 2. The zero-order valence-electron chi connectivity index (χ0n) is 11.6. The van der Waals surface area contributed by atoms with Crippen molar-refractivity contribution in [1.29, 1.82) is 5.26 Å². The van der Waals surface area contributed by atoms with Crippen LogP contribution in [0.4, 0.5) is 15.8 Å². The summed E-state index contributed by atoms with van der Waals surface area (Å²) in [5, 5.41) is 12.0. The Bertz CT molecular complexity index is 718. The van der Waals surface area contributed by atoms with Crippen molar-refractivity contribution in [3.8, 4) is 6.07 Å². The number of nitrogens with two attached hydrogens (primary N) is 1. The molecule has 21 heavy (non-hydrogen) atoms. The number of rotatable bonds is 2. The van der Waals surface area contributed by atoms with E-state index >= 15 is 0 Å². The van der Waals surface area contributed by atoms with Gasteiger partial charge in [0.05, 0.1) is 23.4 Å². The van der Waals surface area contributed by atoms with Gasteiger partial charge in [0.25, 0.3) is 0 Å². The SMILES string of the molecule is N#Cc1ccc(NC2CCCc3cc(N)ccc32)c(F)c1. The Hall–Kier alpha value is -2.54. The van der Waals surface area contributed by atoms with Crippen LogP contribution < -0.4 is 11.1 Å². The minimum absolute atomic E-state index is 0.0804. The number of nitriles is 1. The minimum atomic E-state index is -0.392. The molecule has 0 saturated carbocycles. The van der Waals surface area contributed by atoms with Gasteiger partial charge in [0.2, 0.25) is 0 Å². The molecule has 4 heteroatoms. The third-order valence-corrected chi connectivity index (χ3v) is 3.91. The zero-order chi connectivity index (χ0) is 14.8. The van der Waals surface area contributed by atoms with Gasteiger partial charge in [-0.15, -0.1) is 0 Å². The van der Waals surface area contributed by atoms with E-state index in [1.54, 1.807) is 12.1 Å². The molecule has 0 saturated heterocycles. The first kappa shape index (κ1) is 13.4. The first-order valence-electron chi connectivity index (χ1n) is 7.02. The van der Waals surface area contributed by atoms with Gasteiger partial charge in [-0.05, 0) is 60.7 Å². The molecule has 1 aliphatic rings. The molecule has 2 aromatic rings. The molecule has 0 aliphatic heterocycles. The summed E-state index contributed by atoms with van der Waals surface area (Å²) in [6.07, 6.45) is 3.01. The van der Waals surface area contributed by atoms with Crippen LogP contribution in [0.3, 0.4) is 0 Å². The third-order valence-electron chi connectivity index (χ3n) is 3.91. The van der Waals surface area contributed by atoms with Gasteiger partial charge >= 0.3 is 0 Å². The molecular weight excluding hydrogens is 265 g/mol. The molecule has 2 aromatic carbocycles. The van der Waals surface area contributed by atoms with Crippen molar-refractivity contribution in [1.82, 2.24) is 0 Å². The summed E-state index contributed by atoms with van der Waals surface area (Å²) >= 11 is 0. The molecule has 0 amide bonds. The third kappa shape index (κ3) is 2.68. The van der Waals surface area contributed by atoms with E-state index in [9.17, 15) is 4.39 Å². The molecule has 0 fully saturated rings. The second-order valence-corrected chi connectivity index (χ2v) is 5.35. The number of halogens is 1. The fourth-order valence-corrected chi connectivity index (χ4v) is 2.87. The normalized spacial score (nSPS) is 16.9. The van der Waals surface area contributed by atoms with Crippen LogP contribution in [-0.4, -0.2) is 0 Å². The maximum Gasteiger partial charge on any atom is 0.147 e. The molecule has 3 N–H and O–H groups in total. The zero-order valence-corrected chi connectivity index (χ0v) is 11.6. The summed E-state index contributed by atoms with van der Waals surface area (Å²) in [6.45, 7) is 0. The number of hydrogen-bond acceptors (Lipinski definition) is 3. The number of nitrogen functional groups attached to an aromatic ring is 1. The molecule has 3 nitrogen and oxygen atoms in total. The van der Waals surface area contributed by atoms with E-state index < -0.39 is 5.82 Å². The highest BCUT2D eigenvalue weighted by Crippen LogP contribution is 2.34. The number of aryl methyl sites for hydroxylation is 1. The van der Waals surface area contributed by atoms with Crippen LogP contribution in [0.25, 0.3) is 0 Å². The smallest absolute Gasteiger partial charge is 0.147 e. The van der Waals surface area contributed by atoms with Gasteiger partial charge in [0.15, 0.2) is 0 Å². The molecular formula is C17H16FN3. The predicted molar refractivity (Wildman–Crippen MR) is 81.3 cm³/mol. The van der Waals surface area contributed by atoms with E-state index in [1.807, 2.05) is 24.3 Å². The second-order valence-electron chi connectivity index (χ2n) is 5.35. The fourth-order valence-electron chi connectivity index (χ4n) is 2.87. The fraction of sp³-hybridized carbons (Fsp3) is 0.235. The number of nitrogens with zero attached hydrogens (tertiary/aromatic N) is 1. The van der Waals surface area contributed by atoms with Crippen molar-refractivity contribution in [2.45, 2.75) is 25.3 Å². The maximum absolute atomic E-state index is 14.0. The molecule has 0 heterocycles. The molecule has 106 valence electrons. The Kier molecular flexibility index (Phi) is 3.49. The summed E-state index contributed by atoms with van der Waals surface area (Å²) < 4.78 is 14.0.